The molecule has 3 N–H and O–H groups in total. The highest BCUT2D eigenvalue weighted by molar-refractivity contribution is 6.04. The van der Waals surface area contributed by atoms with Crippen LogP contribution in [-0.2, 0) is 4.79 Å². The van der Waals surface area contributed by atoms with Gasteiger partial charge < -0.3 is 10.8 Å². The maximum Gasteiger partial charge on any atom is 0.293 e. The Morgan fingerprint density at radius 1 is 1.80 bits per heavy atom. The van der Waals surface area contributed by atoms with Gasteiger partial charge in [0.1, 0.15) is 0 Å². The van der Waals surface area contributed by atoms with Crippen molar-refractivity contribution in [1.29, 1.82) is 1.43 Å². The van der Waals surface area contributed by atoms with Crippen LogP contribution in [0.5, 0.6) is 0 Å². The molecule has 0 heterocycles. The van der Waals surface area contributed by atoms with Crippen molar-refractivity contribution in [1.82, 2.24) is 0 Å². The summed E-state index contributed by atoms with van der Waals surface area (Å²) in [5.74, 6) is -0.510. The molecular formula is C7H7NO2. The molecule has 3 heteroatoms. The third-order valence-electron chi connectivity index (χ3n) is 1.12. The fourth-order valence-corrected chi connectivity index (χ4v) is 0.605. The number of allylic oxidation sites excluding steroid dienone is 4. The fraction of sp³-hybridized carbons (Fsp3) is 0. The van der Waals surface area contributed by atoms with E-state index in [1.54, 1.807) is 0 Å². The Hall–Kier alpha value is -1.51. The number of ketones is 1. The molecule has 0 spiro atoms. The minimum atomic E-state index is -0.395. The number of aliphatic hydroxyl groups excluding tert-OH is 1. The lowest BCUT2D eigenvalue weighted by Gasteiger charge is -2.00. The van der Waals surface area contributed by atoms with E-state index in [1.165, 1.54) is 24.4 Å². The van der Waals surface area contributed by atoms with Gasteiger partial charge in [0.25, 0.3) is 1.43 Å². The second kappa shape index (κ2) is 2.39. The van der Waals surface area contributed by atoms with Gasteiger partial charge in [0.05, 0.1) is 0 Å². The van der Waals surface area contributed by atoms with Crippen LogP contribution in [0.25, 0.3) is 1.43 Å². The van der Waals surface area contributed by atoms with Crippen molar-refractivity contribution in [3.8, 4) is 0 Å². The summed E-state index contributed by atoms with van der Waals surface area (Å²) in [4.78, 5) is 10.9. The molecule has 0 aromatic heterocycles. The lowest BCUT2D eigenvalue weighted by atomic mass is 10.1. The highest BCUT2D eigenvalue weighted by atomic mass is 16.3. The summed E-state index contributed by atoms with van der Waals surface area (Å²) in [6.07, 6.45) is 5.13. The normalized spacial score (nSPS) is 24.8. The molecule has 0 unspecified atom stereocenters. The minimum Gasteiger partial charge on any atom is -0.504 e. The molecule has 0 fully saturated rings. The average molecular weight is 140 g/mol. The molecule has 0 bridgehead atoms. The molecule has 0 atom stereocenters. The lowest BCUT2D eigenvalue weighted by molar-refractivity contribution is -0.113. The molecule has 0 aromatic carbocycles. The Bertz CT molecular complexity index is 307. The van der Waals surface area contributed by atoms with E-state index in [-0.39, 0.29) is 5.76 Å². The Balaban J connectivity index is 2.88. The zero-order chi connectivity index (χ0) is 9.84. The fourth-order valence-electron chi connectivity index (χ4n) is 0.605. The zero-order valence-corrected chi connectivity index (χ0v) is 5.07. The molecule has 1 aliphatic rings. The van der Waals surface area contributed by atoms with Crippen LogP contribution in [0.4, 0.5) is 0 Å². The molecular weight excluding hydrogens is 130 g/mol. The van der Waals surface area contributed by atoms with Gasteiger partial charge in [-0.05, 0) is 23.8 Å². The van der Waals surface area contributed by atoms with Gasteiger partial charge in [0.2, 0.25) is 5.78 Å². The molecule has 0 aliphatic heterocycles. The molecule has 3 nitrogen and oxygen atoms in total. The molecule has 0 radical (unpaired) electrons. The van der Waals surface area contributed by atoms with Crippen LogP contribution in [-0.4, -0.2) is 10.9 Å². The Morgan fingerprint density at radius 2 is 2.70 bits per heavy atom. The van der Waals surface area contributed by atoms with Crippen molar-refractivity contribution in [2.45, 2.75) is 0 Å². The van der Waals surface area contributed by atoms with Gasteiger partial charge in [-0.2, -0.15) is 0 Å². The van der Waals surface area contributed by atoms with Crippen LogP contribution in [0.3, 0.4) is 0 Å². The highest BCUT2D eigenvalue weighted by Gasteiger charge is 2.07. The third kappa shape index (κ3) is 1.07. The van der Waals surface area contributed by atoms with Crippen LogP contribution in [0, 0.1) is 0 Å². The van der Waals surface area contributed by atoms with Crippen molar-refractivity contribution < 1.29 is 12.7 Å². The highest BCUT2D eigenvalue weighted by Crippen LogP contribution is 2.08. The van der Waals surface area contributed by atoms with Crippen molar-refractivity contribution in [3.05, 3.63) is 35.8 Å². The first kappa shape index (κ1) is 3.61. The molecule has 0 aromatic rings. The van der Waals surface area contributed by atoms with E-state index in [2.05, 4.69) is 5.11 Å². The summed E-state index contributed by atoms with van der Waals surface area (Å²) in [6, 6.07) is 0. The van der Waals surface area contributed by atoms with Crippen LogP contribution in [0.15, 0.2) is 35.8 Å². The first-order valence-electron chi connectivity index (χ1n) is 4.00. The molecule has 10 heavy (non-hydrogen) atoms. The van der Waals surface area contributed by atoms with Crippen molar-refractivity contribution >= 4 is 5.78 Å². The maximum absolute atomic E-state index is 10.9. The molecule has 1 rings (SSSR count). The number of nitrogens with two attached hydrogens (primary N) is 1. The summed E-state index contributed by atoms with van der Waals surface area (Å²) in [7, 11) is 0. The van der Waals surface area contributed by atoms with E-state index < -0.39 is 5.78 Å². The molecule has 0 amide bonds. The first-order valence-corrected chi connectivity index (χ1v) is 2.69. The molecule has 0 saturated heterocycles. The van der Waals surface area contributed by atoms with Gasteiger partial charge in [-0.25, -0.2) is 0 Å². The smallest absolute Gasteiger partial charge is 0.293 e. The summed E-state index contributed by atoms with van der Waals surface area (Å²) >= 11 is 0. The van der Waals surface area contributed by atoms with E-state index in [0.717, 1.165) is 0 Å². The molecule has 1 aliphatic carbocycles. The quantitative estimate of drug-likeness (QED) is 0.584. The summed E-state index contributed by atoms with van der Waals surface area (Å²) in [5.41, 5.74) is 0.819. The van der Waals surface area contributed by atoms with Crippen molar-refractivity contribution in [2.75, 3.05) is 0 Å². The predicted molar refractivity (Wildman–Crippen MR) is 37.1 cm³/mol. The number of aliphatic hydroxyl groups is 1. The van der Waals surface area contributed by atoms with Gasteiger partial charge in [0.15, 0.2) is 8.58 Å². The SMILES string of the molecule is [2H]OC1=C/C(=C\N([2H])[2H])C=CC1=O. The van der Waals surface area contributed by atoms with Crippen LogP contribution in [0.2, 0.25) is 2.82 Å². The van der Waals surface area contributed by atoms with Crippen LogP contribution in [0.1, 0.15) is 0 Å². The van der Waals surface area contributed by atoms with Gasteiger partial charge in [-0.15, -0.1) is 0 Å². The van der Waals surface area contributed by atoms with E-state index in [9.17, 15) is 4.79 Å². The number of carbonyl (C=O) groups is 1. The topological polar surface area (TPSA) is 63.3 Å². The second-order valence-corrected chi connectivity index (χ2v) is 1.84. The number of carbonyl (C=O) groups excluding carboxylic acids is 1. The van der Waals surface area contributed by atoms with E-state index in [1.807, 2.05) is 0 Å². The lowest BCUT2D eigenvalue weighted by Crippen LogP contribution is -2.02. The number of hydrogen-bond acceptors (Lipinski definition) is 3. The van der Waals surface area contributed by atoms with Gasteiger partial charge in [0, 0.05) is 6.20 Å². The summed E-state index contributed by atoms with van der Waals surface area (Å²) in [5, 5.41) is 4.04. The predicted octanol–water partition coefficient (Wildman–Crippen LogP) is 0.410. The number of hydrogen-bond donors (Lipinski definition) is 2. The van der Waals surface area contributed by atoms with E-state index in [4.69, 9.17) is 4.25 Å². The van der Waals surface area contributed by atoms with Gasteiger partial charge >= 0.3 is 0 Å². The first-order chi connectivity index (χ1) is 6.13. The average Bonchev–Trinajstić information content (AvgIpc) is 2.07. The summed E-state index contributed by atoms with van der Waals surface area (Å²) < 4.78 is 20.1. The minimum absolute atomic E-state index is 0.115. The van der Waals surface area contributed by atoms with Crippen molar-refractivity contribution in [2.24, 2.45) is 5.72 Å². The Kier molecular flexibility index (Phi) is 0.862. The second-order valence-electron chi connectivity index (χ2n) is 1.84. The van der Waals surface area contributed by atoms with Gasteiger partial charge in [-0.1, -0.05) is 0 Å². The van der Waals surface area contributed by atoms with Crippen molar-refractivity contribution in [3.63, 3.8) is 0 Å². The molecule has 0 saturated carbocycles. The van der Waals surface area contributed by atoms with Crippen LogP contribution >= 0.6 is 0 Å². The monoisotopic (exact) mass is 140 g/mol. The third-order valence-corrected chi connectivity index (χ3v) is 1.12. The Labute approximate surface area is 62.6 Å². The molecule has 52 valence electrons. The standard InChI is InChI=1S/C7H7NO2/c8-4-5-1-2-6(9)7(10)3-5/h1-4,10H,8H2/b5-4-/i/hD3. The largest absolute Gasteiger partial charge is 0.504 e. The van der Waals surface area contributed by atoms with Gasteiger partial charge in [-0.3, -0.25) is 4.79 Å². The number of rotatable bonds is 2. The van der Waals surface area contributed by atoms with Crippen LogP contribution < -0.4 is 5.72 Å². The van der Waals surface area contributed by atoms with E-state index in [0.29, 0.717) is 11.3 Å². The summed E-state index contributed by atoms with van der Waals surface area (Å²) in [6.45, 7) is 0. The Morgan fingerprint density at radius 3 is 3.40 bits per heavy atom. The van der Waals surface area contributed by atoms with E-state index >= 15 is 0 Å². The maximum atomic E-state index is 10.9. The zero-order valence-electron chi connectivity index (χ0n) is 8.07.